The number of esters is 1. The van der Waals surface area contributed by atoms with Gasteiger partial charge in [0.05, 0.1) is 17.7 Å². The summed E-state index contributed by atoms with van der Waals surface area (Å²) < 4.78 is 5.07. The minimum absolute atomic E-state index is 0.288. The van der Waals surface area contributed by atoms with Gasteiger partial charge in [-0.05, 0) is 75.2 Å². The van der Waals surface area contributed by atoms with E-state index in [1.807, 2.05) is 49.3 Å². The van der Waals surface area contributed by atoms with Crippen LogP contribution < -0.4 is 20.9 Å². The van der Waals surface area contributed by atoms with E-state index < -0.39 is 0 Å². The van der Waals surface area contributed by atoms with Crippen molar-refractivity contribution >= 4 is 51.7 Å². The first-order valence-electron chi connectivity index (χ1n) is 12.0. The number of aromatic nitrogens is 2. The number of carbonyl (C=O) groups excluding carboxylic acids is 1. The predicted molar refractivity (Wildman–Crippen MR) is 145 cm³/mol. The summed E-state index contributed by atoms with van der Waals surface area (Å²) in [5, 5.41) is 11.7. The smallest absolute Gasteiger partial charge is 0.338 e. The molecule has 184 valence electrons. The lowest BCUT2D eigenvalue weighted by Crippen LogP contribution is -2.42. The lowest BCUT2D eigenvalue weighted by atomic mass is 9.91. The van der Waals surface area contributed by atoms with Crippen LogP contribution in [0.1, 0.15) is 43.0 Å². The van der Waals surface area contributed by atoms with Crippen molar-refractivity contribution in [1.82, 2.24) is 15.3 Å². The molecule has 0 radical (unpaired) electrons. The van der Waals surface area contributed by atoms with Gasteiger partial charge in [0.1, 0.15) is 5.82 Å². The normalized spacial score (nSPS) is 17.5. The maximum atomic E-state index is 12.0. The first-order valence-corrected chi connectivity index (χ1v) is 12.4. The lowest BCUT2D eigenvalue weighted by Gasteiger charge is -2.30. The highest BCUT2D eigenvalue weighted by Gasteiger charge is 2.23. The number of rotatable bonds is 7. The van der Waals surface area contributed by atoms with Crippen LogP contribution in [0.5, 0.6) is 0 Å². The monoisotopic (exact) mass is 492 g/mol. The largest absolute Gasteiger partial charge is 0.462 e. The molecule has 0 spiro atoms. The van der Waals surface area contributed by atoms with E-state index in [-0.39, 0.29) is 12.0 Å². The van der Waals surface area contributed by atoms with Gasteiger partial charge in [-0.2, -0.15) is 4.98 Å². The predicted octanol–water partition coefficient (Wildman–Crippen LogP) is 4.58. The highest BCUT2D eigenvalue weighted by Crippen LogP contribution is 2.26. The van der Waals surface area contributed by atoms with E-state index in [2.05, 4.69) is 22.0 Å². The van der Waals surface area contributed by atoms with Gasteiger partial charge >= 0.3 is 5.97 Å². The highest BCUT2D eigenvalue weighted by atomic mass is 32.1. The Kier molecular flexibility index (Phi) is 7.97. The lowest BCUT2D eigenvalue weighted by molar-refractivity contribution is 0.0526. The number of fused-ring (bicyclic) bond motifs is 1. The van der Waals surface area contributed by atoms with Crippen molar-refractivity contribution < 1.29 is 9.53 Å². The van der Waals surface area contributed by atoms with E-state index in [9.17, 15) is 4.79 Å². The fraction of sp³-hybridized carbons (Fsp3) is 0.385. The number of carbonyl (C=O) groups is 1. The van der Waals surface area contributed by atoms with Crippen molar-refractivity contribution in [2.24, 2.45) is 0 Å². The first-order chi connectivity index (χ1) is 16.9. The van der Waals surface area contributed by atoms with Crippen LogP contribution in [0.15, 0.2) is 48.5 Å². The van der Waals surface area contributed by atoms with Gasteiger partial charge in [0.25, 0.3) is 0 Å². The Balaban J connectivity index is 1.30. The van der Waals surface area contributed by atoms with Crippen molar-refractivity contribution in [3.8, 4) is 0 Å². The van der Waals surface area contributed by atoms with Crippen LogP contribution in [0.25, 0.3) is 10.9 Å². The average Bonchev–Trinajstić information content (AvgIpc) is 2.85. The minimum Gasteiger partial charge on any atom is -0.462 e. The zero-order valence-electron chi connectivity index (χ0n) is 20.4. The minimum atomic E-state index is -0.339. The summed E-state index contributed by atoms with van der Waals surface area (Å²) in [7, 11) is 4.00. The van der Waals surface area contributed by atoms with Gasteiger partial charge in [-0.15, -0.1) is 0 Å². The van der Waals surface area contributed by atoms with Crippen LogP contribution in [0.2, 0.25) is 0 Å². The van der Waals surface area contributed by atoms with Crippen LogP contribution in [-0.4, -0.2) is 53.8 Å². The molecule has 8 nitrogen and oxygen atoms in total. The van der Waals surface area contributed by atoms with E-state index in [4.69, 9.17) is 26.9 Å². The summed E-state index contributed by atoms with van der Waals surface area (Å²) in [5.41, 5.74) is 2.20. The Labute approximate surface area is 211 Å². The fourth-order valence-corrected chi connectivity index (χ4v) is 4.61. The third kappa shape index (κ3) is 6.36. The number of hydrogen-bond donors (Lipinski definition) is 3. The zero-order valence-corrected chi connectivity index (χ0v) is 21.2. The van der Waals surface area contributed by atoms with Gasteiger partial charge in [0.15, 0.2) is 5.11 Å². The van der Waals surface area contributed by atoms with Crippen molar-refractivity contribution in [2.45, 2.75) is 44.7 Å². The molecule has 1 fully saturated rings. The van der Waals surface area contributed by atoms with Crippen LogP contribution in [-0.2, 0) is 4.74 Å². The molecule has 1 aliphatic carbocycles. The van der Waals surface area contributed by atoms with Crippen LogP contribution in [0.4, 0.5) is 17.5 Å². The molecular formula is C26H32N6O2S. The van der Waals surface area contributed by atoms with E-state index >= 15 is 0 Å². The fourth-order valence-electron chi connectivity index (χ4n) is 4.32. The second-order valence-corrected chi connectivity index (χ2v) is 9.28. The molecule has 3 N–H and O–H groups in total. The average molecular weight is 493 g/mol. The topological polar surface area (TPSA) is 91.4 Å². The summed E-state index contributed by atoms with van der Waals surface area (Å²) >= 11 is 5.52. The molecule has 0 unspecified atom stereocenters. The molecule has 4 rings (SSSR count). The van der Waals surface area contributed by atoms with Crippen molar-refractivity contribution in [2.75, 3.05) is 36.2 Å². The maximum Gasteiger partial charge on any atom is 0.338 e. The second kappa shape index (κ2) is 11.3. The summed E-state index contributed by atoms with van der Waals surface area (Å²) in [6.07, 6.45) is 3.95. The number of benzene rings is 2. The standard InChI is InChI=1S/C26H32N6O2S/c1-4-34-24(33)17-8-7-9-20(16-17)29-26(35)28-19-14-12-18(13-15-19)27-25-30-22-11-6-5-10-21(22)23(31-25)32(2)3/h5-11,16,18-19H,4,12-15H2,1-3H3,(H,27,30,31)(H2,28,29,35)/t18-,19+. The molecule has 9 heteroatoms. The van der Waals surface area contributed by atoms with E-state index in [0.29, 0.717) is 29.3 Å². The first kappa shape index (κ1) is 24.7. The Morgan fingerprint density at radius 1 is 1.06 bits per heavy atom. The highest BCUT2D eigenvalue weighted by molar-refractivity contribution is 7.80. The molecule has 1 aromatic heterocycles. The molecule has 0 amide bonds. The summed E-state index contributed by atoms with van der Waals surface area (Å²) in [6.45, 7) is 2.14. The summed E-state index contributed by atoms with van der Waals surface area (Å²) in [6, 6.07) is 15.8. The van der Waals surface area contributed by atoms with Crippen molar-refractivity contribution in [3.63, 3.8) is 0 Å². The number of para-hydroxylation sites is 1. The molecule has 3 aromatic rings. The molecule has 0 saturated heterocycles. The molecule has 1 aliphatic rings. The molecule has 1 saturated carbocycles. The SMILES string of the molecule is CCOC(=O)c1cccc(NC(=S)N[C@H]2CC[C@@H](Nc3nc(N(C)C)c4ccccc4n3)CC2)c1. The second-order valence-electron chi connectivity index (χ2n) is 8.88. The molecular weight excluding hydrogens is 460 g/mol. The van der Waals surface area contributed by atoms with E-state index in [0.717, 1.165) is 48.1 Å². The van der Waals surface area contributed by atoms with Crippen molar-refractivity contribution in [3.05, 3.63) is 54.1 Å². The van der Waals surface area contributed by atoms with Gasteiger partial charge in [-0.3, -0.25) is 0 Å². The molecule has 35 heavy (non-hydrogen) atoms. The van der Waals surface area contributed by atoms with Gasteiger partial charge in [0, 0.05) is 37.3 Å². The Hall–Kier alpha value is -3.46. The van der Waals surface area contributed by atoms with Gasteiger partial charge in [-0.25, -0.2) is 9.78 Å². The van der Waals surface area contributed by atoms with Crippen molar-refractivity contribution in [1.29, 1.82) is 0 Å². The summed E-state index contributed by atoms with van der Waals surface area (Å²) in [5.74, 6) is 1.24. The number of thiocarbonyl (C=S) groups is 1. The Morgan fingerprint density at radius 3 is 2.54 bits per heavy atom. The van der Waals surface area contributed by atoms with Crippen LogP contribution >= 0.6 is 12.2 Å². The number of hydrogen-bond acceptors (Lipinski definition) is 7. The van der Waals surface area contributed by atoms with Gasteiger partial charge in [0.2, 0.25) is 5.95 Å². The number of ether oxygens (including phenoxy) is 1. The van der Waals surface area contributed by atoms with E-state index in [1.165, 1.54) is 0 Å². The summed E-state index contributed by atoms with van der Waals surface area (Å²) in [4.78, 5) is 23.5. The quantitative estimate of drug-likeness (QED) is 0.324. The zero-order chi connectivity index (χ0) is 24.8. The van der Waals surface area contributed by atoms with Gasteiger partial charge < -0.3 is 25.6 Å². The van der Waals surface area contributed by atoms with E-state index in [1.54, 1.807) is 19.1 Å². The molecule has 0 bridgehead atoms. The molecule has 0 atom stereocenters. The third-order valence-corrected chi connectivity index (χ3v) is 6.25. The maximum absolute atomic E-state index is 12.0. The molecule has 2 aromatic carbocycles. The van der Waals surface area contributed by atoms with Gasteiger partial charge in [-0.1, -0.05) is 18.2 Å². The third-order valence-electron chi connectivity index (χ3n) is 6.03. The number of nitrogens with zero attached hydrogens (tertiary/aromatic N) is 3. The van der Waals surface area contributed by atoms with Crippen LogP contribution in [0.3, 0.4) is 0 Å². The Bertz CT molecular complexity index is 1190. The Morgan fingerprint density at radius 2 is 1.80 bits per heavy atom. The number of anilines is 3. The van der Waals surface area contributed by atoms with Crippen LogP contribution in [0, 0.1) is 0 Å². The molecule has 1 heterocycles. The number of nitrogens with one attached hydrogen (secondary N) is 3. The molecule has 0 aliphatic heterocycles.